The highest BCUT2D eigenvalue weighted by atomic mass is 16.6. The summed E-state index contributed by atoms with van der Waals surface area (Å²) in [5, 5.41) is 29.3. The second kappa shape index (κ2) is 12.9. The monoisotopic (exact) mass is 422 g/mol. The Labute approximate surface area is 174 Å². The Morgan fingerprint density at radius 1 is 0.931 bits per heavy atom. The van der Waals surface area contributed by atoms with Crippen LogP contribution in [-0.4, -0.2) is 76.1 Å². The molecule has 170 valence electrons. The molecule has 0 amide bonds. The molecule has 0 rings (SSSR count). The van der Waals surface area contributed by atoms with Crippen LogP contribution in [0.25, 0.3) is 0 Å². The van der Waals surface area contributed by atoms with Gasteiger partial charge in [0.25, 0.3) is 0 Å². The number of aliphatic hydroxyl groups is 3. The van der Waals surface area contributed by atoms with Crippen molar-refractivity contribution in [1.29, 1.82) is 0 Å². The Bertz CT molecular complexity index is 628. The van der Waals surface area contributed by atoms with Gasteiger partial charge in [-0.3, -0.25) is 14.4 Å². The van der Waals surface area contributed by atoms with Crippen LogP contribution in [0.4, 0.5) is 0 Å². The molecule has 0 heterocycles. The Morgan fingerprint density at radius 2 is 1.34 bits per heavy atom. The second-order valence-electron chi connectivity index (χ2n) is 7.79. The lowest BCUT2D eigenvalue weighted by Crippen LogP contribution is -2.54. The number of rotatable bonds is 13. The molecule has 0 aliphatic heterocycles. The van der Waals surface area contributed by atoms with Gasteiger partial charge in [-0.15, -0.1) is 0 Å². The van der Waals surface area contributed by atoms with E-state index < -0.39 is 60.8 Å². The van der Waals surface area contributed by atoms with Gasteiger partial charge in [0, 0.05) is 0 Å². The van der Waals surface area contributed by atoms with E-state index in [9.17, 15) is 24.6 Å². The van der Waals surface area contributed by atoms with Crippen LogP contribution < -0.4 is 11.5 Å². The first-order valence-corrected chi connectivity index (χ1v) is 9.43. The van der Waals surface area contributed by atoms with Gasteiger partial charge < -0.3 is 36.3 Å². The highest BCUT2D eigenvalue weighted by molar-refractivity contribution is 5.86. The molecule has 0 radical (unpaired) electrons. The molecule has 29 heavy (non-hydrogen) atoms. The largest absolute Gasteiger partial charge is 0.454 e. The van der Waals surface area contributed by atoms with Crippen LogP contribution >= 0.6 is 0 Å². The summed E-state index contributed by atoms with van der Waals surface area (Å²) in [6, 6.07) is -4.49. The lowest BCUT2D eigenvalue weighted by atomic mass is 9.99. The SMILES string of the molecule is [2H][C@](N)(CC(C)C)C(=O)O[C@@H]([C@H](O)[C@H](O)CO)[C@@H](OC(=O)[C@@]([2H])(N)CC(C)C)C(C)=O. The average molecular weight is 423 g/mol. The van der Waals surface area contributed by atoms with Gasteiger partial charge in [0.1, 0.15) is 24.2 Å². The molecule has 6 atom stereocenters. The summed E-state index contributed by atoms with van der Waals surface area (Å²) in [7, 11) is 0. The minimum atomic E-state index is -2.26. The maximum atomic E-state index is 12.5. The highest BCUT2D eigenvalue weighted by Gasteiger charge is 2.42. The Hall–Kier alpha value is -1.59. The van der Waals surface area contributed by atoms with Crippen LogP contribution in [0, 0.1) is 11.8 Å². The number of ether oxygens (including phenoxy) is 2. The second-order valence-corrected chi connectivity index (χ2v) is 7.79. The molecule has 7 N–H and O–H groups in total. The minimum Gasteiger partial charge on any atom is -0.454 e. The molecule has 0 unspecified atom stereocenters. The van der Waals surface area contributed by atoms with Gasteiger partial charge in [0.05, 0.1) is 9.35 Å². The third-order valence-electron chi connectivity index (χ3n) is 3.87. The molecule has 0 aliphatic rings. The smallest absolute Gasteiger partial charge is 0.323 e. The molecule has 0 fully saturated rings. The van der Waals surface area contributed by atoms with Gasteiger partial charge in [-0.25, -0.2) is 0 Å². The molecule has 10 nitrogen and oxygen atoms in total. The number of esters is 2. The van der Waals surface area contributed by atoms with Crippen molar-refractivity contribution in [3.8, 4) is 0 Å². The number of carbonyl (C=O) groups is 3. The normalized spacial score (nSPS) is 21.1. The Morgan fingerprint density at radius 3 is 1.69 bits per heavy atom. The summed E-state index contributed by atoms with van der Waals surface area (Å²) < 4.78 is 26.0. The molecule has 10 heteroatoms. The maximum absolute atomic E-state index is 12.5. The van der Waals surface area contributed by atoms with Gasteiger partial charge in [0.15, 0.2) is 18.0 Å². The number of carbonyl (C=O) groups excluding carboxylic acids is 3. The fourth-order valence-electron chi connectivity index (χ4n) is 2.46. The van der Waals surface area contributed by atoms with E-state index in [1.165, 1.54) is 0 Å². The standard InChI is InChI=1S/C19H36N2O8/c1-9(2)6-12(20)18(26)28-16(11(5)23)17(15(25)14(24)8-22)29-19(27)13(21)7-10(3)4/h9-10,12-17,22,24-25H,6-8,20-21H2,1-5H3/t12-,13-,14+,15+,16-,17-/m0/s1/i12D,13D. The number of nitrogens with two attached hydrogens (primary N) is 2. The first-order chi connectivity index (χ1) is 14.0. The molecule has 0 saturated heterocycles. The quantitative estimate of drug-likeness (QED) is 0.227. The van der Waals surface area contributed by atoms with Crippen molar-refractivity contribution < 1.29 is 41.9 Å². The molecule has 0 spiro atoms. The number of aliphatic hydroxyl groups excluding tert-OH is 3. The summed E-state index contributed by atoms with van der Waals surface area (Å²) in [5.41, 5.74) is 11.3. The summed E-state index contributed by atoms with van der Waals surface area (Å²) >= 11 is 0. The average Bonchev–Trinajstić information content (AvgIpc) is 2.60. The van der Waals surface area contributed by atoms with Crippen molar-refractivity contribution in [3.63, 3.8) is 0 Å². The Balaban J connectivity index is 5.95. The zero-order chi connectivity index (χ0) is 24.7. The van der Waals surface area contributed by atoms with Gasteiger partial charge in [-0.2, -0.15) is 0 Å². The fourth-order valence-corrected chi connectivity index (χ4v) is 2.46. The number of ketones is 1. The van der Waals surface area contributed by atoms with Crippen LogP contribution in [0.2, 0.25) is 0 Å². The van der Waals surface area contributed by atoms with E-state index in [0.717, 1.165) is 6.92 Å². The van der Waals surface area contributed by atoms with E-state index in [0.29, 0.717) is 0 Å². The Kier molecular flexibility index (Phi) is 10.5. The van der Waals surface area contributed by atoms with Gasteiger partial charge in [-0.05, 0) is 31.6 Å². The van der Waals surface area contributed by atoms with E-state index in [4.69, 9.17) is 28.8 Å². The molecule has 0 aromatic heterocycles. The van der Waals surface area contributed by atoms with Crippen LogP contribution in [0.1, 0.15) is 50.2 Å². The molecular formula is C19H36N2O8. The predicted octanol–water partition coefficient (Wildman–Crippen LogP) is -1.14. The summed E-state index contributed by atoms with van der Waals surface area (Å²) in [4.78, 5) is 37.1. The zero-order valence-electron chi connectivity index (χ0n) is 19.6. The zero-order valence-corrected chi connectivity index (χ0v) is 17.6. The van der Waals surface area contributed by atoms with E-state index in [1.807, 2.05) is 0 Å². The number of Topliss-reactive ketones (excluding diaryl/α,β-unsaturated/α-hetero) is 1. The minimum absolute atomic E-state index is 0.115. The van der Waals surface area contributed by atoms with E-state index in [1.54, 1.807) is 27.7 Å². The molecule has 0 saturated carbocycles. The van der Waals surface area contributed by atoms with Crippen molar-refractivity contribution in [3.05, 3.63) is 0 Å². The van der Waals surface area contributed by atoms with Crippen molar-refractivity contribution in [2.45, 2.75) is 83.9 Å². The summed E-state index contributed by atoms with van der Waals surface area (Å²) in [5.74, 6) is -3.91. The number of hydrogen-bond donors (Lipinski definition) is 5. The third-order valence-corrected chi connectivity index (χ3v) is 3.87. The first kappa shape index (κ1) is 23.7. The first-order valence-electron chi connectivity index (χ1n) is 10.4. The van der Waals surface area contributed by atoms with E-state index in [-0.39, 0.29) is 24.7 Å². The number of hydrogen-bond acceptors (Lipinski definition) is 10. The van der Waals surface area contributed by atoms with E-state index in [2.05, 4.69) is 0 Å². The summed E-state index contributed by atoms with van der Waals surface area (Å²) in [6.07, 6.45) is -8.18. The summed E-state index contributed by atoms with van der Waals surface area (Å²) in [6.45, 7) is 6.82. The predicted molar refractivity (Wildman–Crippen MR) is 104 cm³/mol. The third kappa shape index (κ3) is 9.64. The van der Waals surface area contributed by atoms with Crippen molar-refractivity contribution in [2.24, 2.45) is 23.3 Å². The van der Waals surface area contributed by atoms with Gasteiger partial charge in [0.2, 0.25) is 0 Å². The molecule has 0 aromatic carbocycles. The highest BCUT2D eigenvalue weighted by Crippen LogP contribution is 2.17. The topological polar surface area (TPSA) is 182 Å². The van der Waals surface area contributed by atoms with Crippen LogP contribution in [0.15, 0.2) is 0 Å². The van der Waals surface area contributed by atoms with Crippen LogP contribution in [0.5, 0.6) is 0 Å². The lowest BCUT2D eigenvalue weighted by Gasteiger charge is -2.32. The van der Waals surface area contributed by atoms with Crippen molar-refractivity contribution >= 4 is 17.7 Å². The fraction of sp³-hybridized carbons (Fsp3) is 0.842. The van der Waals surface area contributed by atoms with Crippen molar-refractivity contribution in [1.82, 2.24) is 0 Å². The van der Waals surface area contributed by atoms with Gasteiger partial charge in [-0.1, -0.05) is 27.7 Å². The van der Waals surface area contributed by atoms with Crippen molar-refractivity contribution in [2.75, 3.05) is 6.61 Å². The molecule has 0 aliphatic carbocycles. The molecule has 0 aromatic rings. The molecule has 0 bridgehead atoms. The molecular weight excluding hydrogens is 384 g/mol. The van der Waals surface area contributed by atoms with Crippen LogP contribution in [-0.2, 0) is 23.9 Å². The maximum Gasteiger partial charge on any atom is 0.323 e. The lowest BCUT2D eigenvalue weighted by molar-refractivity contribution is -0.189. The van der Waals surface area contributed by atoms with E-state index >= 15 is 0 Å². The van der Waals surface area contributed by atoms with Crippen LogP contribution in [0.3, 0.4) is 0 Å². The van der Waals surface area contributed by atoms with Gasteiger partial charge >= 0.3 is 11.9 Å².